The zero-order chi connectivity index (χ0) is 12.9. The van der Waals surface area contributed by atoms with Gasteiger partial charge >= 0.3 is 6.09 Å². The molecule has 0 aromatic heterocycles. The van der Waals surface area contributed by atoms with E-state index in [1.54, 1.807) is 4.90 Å². The van der Waals surface area contributed by atoms with E-state index in [2.05, 4.69) is 10.0 Å². The molecular formula is C11H20N4O2. The number of nitrogens with zero attached hydrogens (tertiary/aromatic N) is 4. The lowest BCUT2D eigenvalue weighted by Crippen LogP contribution is -2.47. The summed E-state index contributed by atoms with van der Waals surface area (Å²) in [7, 11) is 0. The van der Waals surface area contributed by atoms with E-state index in [0.29, 0.717) is 13.1 Å². The van der Waals surface area contributed by atoms with E-state index in [1.165, 1.54) is 0 Å². The van der Waals surface area contributed by atoms with E-state index in [4.69, 9.17) is 10.3 Å². The van der Waals surface area contributed by atoms with Gasteiger partial charge in [-0.1, -0.05) is 5.11 Å². The molecule has 6 heteroatoms. The minimum Gasteiger partial charge on any atom is -0.444 e. The van der Waals surface area contributed by atoms with Crippen LogP contribution in [0, 0.1) is 0 Å². The van der Waals surface area contributed by atoms with Gasteiger partial charge in [0.15, 0.2) is 0 Å². The summed E-state index contributed by atoms with van der Waals surface area (Å²) in [5.74, 6) is 0. The van der Waals surface area contributed by atoms with Crippen molar-refractivity contribution >= 4 is 6.09 Å². The molecule has 1 atom stereocenters. The molecule has 6 nitrogen and oxygen atoms in total. The average Bonchev–Trinajstić information content (AvgIpc) is 2.24. The highest BCUT2D eigenvalue weighted by molar-refractivity contribution is 5.68. The van der Waals surface area contributed by atoms with Crippen LogP contribution in [0.3, 0.4) is 0 Å². The zero-order valence-corrected chi connectivity index (χ0v) is 10.7. The third-order valence-corrected chi connectivity index (χ3v) is 2.61. The van der Waals surface area contributed by atoms with Crippen molar-refractivity contribution in [1.29, 1.82) is 0 Å². The first kappa shape index (κ1) is 13.6. The fourth-order valence-electron chi connectivity index (χ4n) is 1.88. The summed E-state index contributed by atoms with van der Waals surface area (Å²) < 4.78 is 5.34. The van der Waals surface area contributed by atoms with Gasteiger partial charge in [0, 0.05) is 24.0 Å². The molecule has 0 bridgehead atoms. The normalized spacial score (nSPS) is 20.6. The summed E-state index contributed by atoms with van der Waals surface area (Å²) in [5.41, 5.74) is 7.84. The van der Waals surface area contributed by atoms with Crippen LogP contribution >= 0.6 is 0 Å². The zero-order valence-electron chi connectivity index (χ0n) is 10.7. The van der Waals surface area contributed by atoms with Gasteiger partial charge in [-0.05, 0) is 45.6 Å². The molecule has 1 heterocycles. The van der Waals surface area contributed by atoms with Crippen molar-refractivity contribution in [1.82, 2.24) is 4.90 Å². The van der Waals surface area contributed by atoms with Crippen molar-refractivity contribution in [2.24, 2.45) is 5.11 Å². The molecule has 0 spiro atoms. The van der Waals surface area contributed by atoms with Gasteiger partial charge in [0.2, 0.25) is 0 Å². The lowest BCUT2D eigenvalue weighted by atomic mass is 10.0. The maximum Gasteiger partial charge on any atom is 0.410 e. The van der Waals surface area contributed by atoms with Crippen LogP contribution < -0.4 is 0 Å². The smallest absolute Gasteiger partial charge is 0.410 e. The number of likely N-dealkylation sites (tertiary alicyclic amines) is 1. The number of hydrogen-bond acceptors (Lipinski definition) is 3. The first-order valence-electron chi connectivity index (χ1n) is 5.94. The molecule has 17 heavy (non-hydrogen) atoms. The maximum absolute atomic E-state index is 12.0. The minimum absolute atomic E-state index is 0.0190. The molecular weight excluding hydrogens is 220 g/mol. The summed E-state index contributed by atoms with van der Waals surface area (Å²) in [4.78, 5) is 16.4. The van der Waals surface area contributed by atoms with Crippen molar-refractivity contribution in [2.75, 3.05) is 13.1 Å². The summed E-state index contributed by atoms with van der Waals surface area (Å²) in [6.45, 7) is 6.54. The fraction of sp³-hybridized carbons (Fsp3) is 0.909. The van der Waals surface area contributed by atoms with Crippen LogP contribution in [0.1, 0.15) is 40.0 Å². The Morgan fingerprint density at radius 3 is 2.82 bits per heavy atom. The number of piperidine rings is 1. The summed E-state index contributed by atoms with van der Waals surface area (Å²) in [6, 6.07) is -0.0190. The molecule has 1 fully saturated rings. The third-order valence-electron chi connectivity index (χ3n) is 2.61. The second-order valence-electron chi connectivity index (χ2n) is 5.24. The monoisotopic (exact) mass is 240 g/mol. The van der Waals surface area contributed by atoms with E-state index in [1.807, 2.05) is 20.8 Å². The molecule has 0 radical (unpaired) electrons. The van der Waals surface area contributed by atoms with E-state index >= 15 is 0 Å². The number of ether oxygens (including phenoxy) is 1. The van der Waals surface area contributed by atoms with Gasteiger partial charge < -0.3 is 9.64 Å². The van der Waals surface area contributed by atoms with Crippen LogP contribution in [-0.2, 0) is 4.74 Å². The summed E-state index contributed by atoms with van der Waals surface area (Å²) in [6.07, 6.45) is 2.60. The van der Waals surface area contributed by atoms with Crippen LogP contribution in [-0.4, -0.2) is 35.7 Å². The Morgan fingerprint density at radius 1 is 1.53 bits per heavy atom. The topological polar surface area (TPSA) is 78.3 Å². The van der Waals surface area contributed by atoms with Gasteiger partial charge in [-0.15, -0.1) is 0 Å². The van der Waals surface area contributed by atoms with Crippen LogP contribution in [0.15, 0.2) is 5.11 Å². The largest absolute Gasteiger partial charge is 0.444 e. The predicted molar refractivity (Wildman–Crippen MR) is 64.6 cm³/mol. The maximum atomic E-state index is 12.0. The number of rotatable bonds is 2. The molecule has 0 aliphatic carbocycles. The molecule has 96 valence electrons. The molecule has 0 saturated carbocycles. The quantitative estimate of drug-likeness (QED) is 0.422. The average molecular weight is 240 g/mol. The van der Waals surface area contributed by atoms with Crippen molar-refractivity contribution in [3.05, 3.63) is 10.4 Å². The number of carbonyl (C=O) groups is 1. The Bertz CT molecular complexity index is 318. The highest BCUT2D eigenvalue weighted by Gasteiger charge is 2.29. The van der Waals surface area contributed by atoms with E-state index < -0.39 is 5.60 Å². The first-order chi connectivity index (χ1) is 7.94. The van der Waals surface area contributed by atoms with Gasteiger partial charge in [0.25, 0.3) is 0 Å². The van der Waals surface area contributed by atoms with E-state index in [9.17, 15) is 4.79 Å². The van der Waals surface area contributed by atoms with E-state index in [-0.39, 0.29) is 12.1 Å². The standard InChI is InChI=1S/C11H20N4O2/c1-11(2,3)17-10(16)15-7-5-4-6-9(15)8-13-14-12/h9H,4-8H2,1-3H3/t9-/m0/s1. The number of hydrogen-bond donors (Lipinski definition) is 0. The minimum atomic E-state index is -0.489. The molecule has 1 rings (SSSR count). The fourth-order valence-corrected chi connectivity index (χ4v) is 1.88. The molecule has 1 saturated heterocycles. The molecule has 1 amide bonds. The lowest BCUT2D eigenvalue weighted by Gasteiger charge is -2.36. The Balaban J connectivity index is 2.63. The number of azide groups is 1. The molecule has 0 unspecified atom stereocenters. The van der Waals surface area contributed by atoms with Crippen molar-refractivity contribution in [3.8, 4) is 0 Å². The Hall–Kier alpha value is -1.42. The predicted octanol–water partition coefficient (Wildman–Crippen LogP) is 3.09. The molecule has 0 aromatic carbocycles. The molecule has 0 N–H and O–H groups in total. The van der Waals surface area contributed by atoms with Crippen LogP contribution in [0.2, 0.25) is 0 Å². The van der Waals surface area contributed by atoms with Crippen LogP contribution in [0.25, 0.3) is 10.4 Å². The van der Waals surface area contributed by atoms with Crippen molar-refractivity contribution < 1.29 is 9.53 Å². The van der Waals surface area contributed by atoms with Crippen LogP contribution in [0.4, 0.5) is 4.79 Å². The summed E-state index contributed by atoms with van der Waals surface area (Å²) >= 11 is 0. The van der Waals surface area contributed by atoms with Crippen molar-refractivity contribution in [2.45, 2.75) is 51.7 Å². The number of carbonyl (C=O) groups excluding carboxylic acids is 1. The van der Waals surface area contributed by atoms with Gasteiger partial charge in [-0.3, -0.25) is 0 Å². The Kier molecular flexibility index (Phi) is 4.63. The highest BCUT2D eigenvalue weighted by atomic mass is 16.6. The Morgan fingerprint density at radius 2 is 2.24 bits per heavy atom. The Labute approximate surface area is 102 Å². The number of amides is 1. The van der Waals surface area contributed by atoms with Gasteiger partial charge in [0.05, 0.1) is 0 Å². The van der Waals surface area contributed by atoms with E-state index in [0.717, 1.165) is 19.3 Å². The summed E-state index contributed by atoms with van der Waals surface area (Å²) in [5, 5.41) is 3.56. The third kappa shape index (κ3) is 4.53. The molecule has 1 aliphatic heterocycles. The van der Waals surface area contributed by atoms with Gasteiger partial charge in [-0.25, -0.2) is 4.79 Å². The lowest BCUT2D eigenvalue weighted by molar-refractivity contribution is 0.0109. The van der Waals surface area contributed by atoms with Gasteiger partial charge in [0.1, 0.15) is 5.60 Å². The first-order valence-corrected chi connectivity index (χ1v) is 5.94. The van der Waals surface area contributed by atoms with Gasteiger partial charge in [-0.2, -0.15) is 0 Å². The SMILES string of the molecule is CC(C)(C)OC(=O)N1CCCC[C@H]1CN=[N+]=[N-]. The van der Waals surface area contributed by atoms with Crippen LogP contribution in [0.5, 0.6) is 0 Å². The molecule has 0 aromatic rings. The second kappa shape index (κ2) is 5.77. The second-order valence-corrected chi connectivity index (χ2v) is 5.24. The van der Waals surface area contributed by atoms with Crippen molar-refractivity contribution in [3.63, 3.8) is 0 Å². The highest BCUT2D eigenvalue weighted by Crippen LogP contribution is 2.20. The molecule has 1 aliphatic rings.